The van der Waals surface area contributed by atoms with Gasteiger partial charge >= 0.3 is 5.97 Å². The van der Waals surface area contributed by atoms with Gasteiger partial charge < -0.3 is 19.9 Å². The molecule has 0 aliphatic heterocycles. The van der Waals surface area contributed by atoms with Crippen LogP contribution in [0.25, 0.3) is 0 Å². The Hall–Kier alpha value is -3.25. The van der Waals surface area contributed by atoms with Gasteiger partial charge in [0.2, 0.25) is 0 Å². The fourth-order valence-electron chi connectivity index (χ4n) is 2.90. The first-order chi connectivity index (χ1) is 14.5. The van der Waals surface area contributed by atoms with Crippen molar-refractivity contribution in [3.8, 4) is 11.5 Å². The average molecular weight is 427 g/mol. The summed E-state index contributed by atoms with van der Waals surface area (Å²) in [5.74, 6) is 0.380. The van der Waals surface area contributed by atoms with E-state index in [9.17, 15) is 4.79 Å². The van der Waals surface area contributed by atoms with Crippen LogP contribution in [-0.2, 0) is 13.2 Å². The molecule has 7 heteroatoms. The molecule has 0 unspecified atom stereocenters. The molecule has 0 saturated heterocycles. The second kappa shape index (κ2) is 9.98. The molecular formula is C23H23ClN2O4. The Morgan fingerprint density at radius 2 is 1.87 bits per heavy atom. The lowest BCUT2D eigenvalue weighted by Crippen LogP contribution is -2.05. The number of aryl methyl sites for hydroxylation is 1. The third kappa shape index (κ3) is 5.64. The Balaban J connectivity index is 1.68. The van der Waals surface area contributed by atoms with Crippen molar-refractivity contribution in [2.24, 2.45) is 0 Å². The van der Waals surface area contributed by atoms with Crippen molar-refractivity contribution in [1.29, 1.82) is 0 Å². The van der Waals surface area contributed by atoms with E-state index < -0.39 is 5.97 Å². The average Bonchev–Trinajstić information content (AvgIpc) is 2.73. The Bertz CT molecular complexity index is 1020. The molecule has 2 N–H and O–H groups in total. The number of carbonyl (C=O) groups is 1. The summed E-state index contributed by atoms with van der Waals surface area (Å²) in [5.41, 5.74) is 3.95. The van der Waals surface area contributed by atoms with E-state index in [1.54, 1.807) is 30.5 Å². The summed E-state index contributed by atoms with van der Waals surface area (Å²) in [6, 6.07) is 14.4. The largest absolute Gasteiger partial charge is 0.490 e. The molecule has 0 bridgehead atoms. The Kier molecular flexibility index (Phi) is 7.14. The Labute approximate surface area is 180 Å². The lowest BCUT2D eigenvalue weighted by molar-refractivity contribution is 0.0697. The molecule has 0 aliphatic carbocycles. The van der Waals surface area contributed by atoms with Gasteiger partial charge in [-0.05, 0) is 61.4 Å². The molecule has 1 aromatic heterocycles. The molecule has 1 heterocycles. The smallest absolute Gasteiger partial charge is 0.335 e. The monoisotopic (exact) mass is 426 g/mol. The van der Waals surface area contributed by atoms with Crippen LogP contribution < -0.4 is 14.8 Å². The number of anilines is 1. The van der Waals surface area contributed by atoms with E-state index in [0.717, 1.165) is 22.4 Å². The van der Waals surface area contributed by atoms with Crippen LogP contribution in [0.5, 0.6) is 11.5 Å². The van der Waals surface area contributed by atoms with Gasteiger partial charge in [-0.15, -0.1) is 0 Å². The van der Waals surface area contributed by atoms with Crippen LogP contribution >= 0.6 is 11.6 Å². The third-order valence-corrected chi connectivity index (χ3v) is 4.67. The first-order valence-electron chi connectivity index (χ1n) is 9.53. The summed E-state index contributed by atoms with van der Waals surface area (Å²) >= 11 is 5.81. The molecule has 0 amide bonds. The van der Waals surface area contributed by atoms with Crippen LogP contribution in [0.4, 0.5) is 5.69 Å². The fraction of sp³-hybridized carbons (Fsp3) is 0.217. The second-order valence-electron chi connectivity index (χ2n) is 6.68. The van der Waals surface area contributed by atoms with E-state index in [0.29, 0.717) is 36.4 Å². The highest BCUT2D eigenvalue weighted by atomic mass is 35.5. The van der Waals surface area contributed by atoms with Crippen LogP contribution in [-0.4, -0.2) is 22.7 Å². The molecule has 0 radical (unpaired) electrons. The topological polar surface area (TPSA) is 80.7 Å². The number of carboxylic acids is 1. The molecule has 0 fully saturated rings. The SMILES string of the molecule is CCOc1cc(CNc2ccc(C(=O)O)cc2C)ccc1OCc1ccc(Cl)nc1. The molecule has 0 atom stereocenters. The Morgan fingerprint density at radius 1 is 1.07 bits per heavy atom. The molecular weight excluding hydrogens is 404 g/mol. The van der Waals surface area contributed by atoms with Crippen molar-refractivity contribution in [2.75, 3.05) is 11.9 Å². The van der Waals surface area contributed by atoms with Crippen LogP contribution in [0.2, 0.25) is 5.15 Å². The van der Waals surface area contributed by atoms with E-state index >= 15 is 0 Å². The lowest BCUT2D eigenvalue weighted by atomic mass is 10.1. The standard InChI is InChI=1S/C23H23ClN2O4/c1-3-29-21-11-16(12-25-19-7-6-18(23(27)28)10-15(19)2)4-8-20(21)30-14-17-5-9-22(24)26-13-17/h4-11,13,25H,3,12,14H2,1-2H3,(H,27,28). The molecule has 30 heavy (non-hydrogen) atoms. The minimum absolute atomic E-state index is 0.272. The van der Waals surface area contributed by atoms with Gasteiger partial charge in [-0.3, -0.25) is 0 Å². The summed E-state index contributed by atoms with van der Waals surface area (Å²) < 4.78 is 11.7. The highest BCUT2D eigenvalue weighted by molar-refractivity contribution is 6.29. The number of rotatable bonds is 9. The number of pyridine rings is 1. The number of nitrogens with zero attached hydrogens (tertiary/aromatic N) is 1. The number of hydrogen-bond donors (Lipinski definition) is 2. The summed E-state index contributed by atoms with van der Waals surface area (Å²) in [6.45, 7) is 5.24. The van der Waals surface area contributed by atoms with E-state index in [1.807, 2.05) is 38.1 Å². The molecule has 0 aliphatic rings. The normalized spacial score (nSPS) is 10.5. The molecule has 2 aromatic carbocycles. The lowest BCUT2D eigenvalue weighted by Gasteiger charge is -2.15. The van der Waals surface area contributed by atoms with Crippen LogP contribution in [0.3, 0.4) is 0 Å². The van der Waals surface area contributed by atoms with Gasteiger partial charge in [-0.2, -0.15) is 0 Å². The van der Waals surface area contributed by atoms with Gasteiger partial charge in [0.15, 0.2) is 11.5 Å². The second-order valence-corrected chi connectivity index (χ2v) is 7.07. The Morgan fingerprint density at radius 3 is 2.53 bits per heavy atom. The van der Waals surface area contributed by atoms with Crippen LogP contribution in [0, 0.1) is 6.92 Å². The highest BCUT2D eigenvalue weighted by Gasteiger charge is 2.09. The van der Waals surface area contributed by atoms with Gasteiger partial charge in [0.1, 0.15) is 11.8 Å². The summed E-state index contributed by atoms with van der Waals surface area (Å²) in [7, 11) is 0. The van der Waals surface area contributed by atoms with Crippen molar-refractivity contribution in [2.45, 2.75) is 27.0 Å². The minimum Gasteiger partial charge on any atom is -0.490 e. The van der Waals surface area contributed by atoms with E-state index in [4.69, 9.17) is 26.2 Å². The van der Waals surface area contributed by atoms with Crippen molar-refractivity contribution in [3.05, 3.63) is 82.1 Å². The fourth-order valence-corrected chi connectivity index (χ4v) is 3.01. The van der Waals surface area contributed by atoms with Crippen molar-refractivity contribution >= 4 is 23.3 Å². The zero-order valence-electron chi connectivity index (χ0n) is 16.8. The van der Waals surface area contributed by atoms with Crippen LogP contribution in [0.1, 0.15) is 34.0 Å². The first-order valence-corrected chi connectivity index (χ1v) is 9.91. The van der Waals surface area contributed by atoms with E-state index in [2.05, 4.69) is 10.3 Å². The summed E-state index contributed by atoms with van der Waals surface area (Å²) in [5, 5.41) is 12.9. The number of aromatic carboxylic acids is 1. The van der Waals surface area contributed by atoms with Crippen molar-refractivity contribution in [1.82, 2.24) is 4.98 Å². The summed E-state index contributed by atoms with van der Waals surface area (Å²) in [4.78, 5) is 15.1. The molecule has 6 nitrogen and oxygen atoms in total. The predicted molar refractivity (Wildman–Crippen MR) is 117 cm³/mol. The van der Waals surface area contributed by atoms with E-state index in [1.165, 1.54) is 0 Å². The number of nitrogens with one attached hydrogen (secondary N) is 1. The molecule has 3 aromatic rings. The molecule has 156 valence electrons. The van der Waals surface area contributed by atoms with Gasteiger partial charge in [0, 0.05) is 24.0 Å². The van der Waals surface area contributed by atoms with Gasteiger partial charge in [0.05, 0.1) is 12.2 Å². The van der Waals surface area contributed by atoms with Crippen molar-refractivity contribution in [3.63, 3.8) is 0 Å². The maximum Gasteiger partial charge on any atom is 0.335 e. The summed E-state index contributed by atoms with van der Waals surface area (Å²) in [6.07, 6.45) is 1.68. The van der Waals surface area contributed by atoms with E-state index in [-0.39, 0.29) is 5.56 Å². The van der Waals surface area contributed by atoms with Gasteiger partial charge in [-0.25, -0.2) is 9.78 Å². The molecule has 0 spiro atoms. The zero-order valence-corrected chi connectivity index (χ0v) is 17.6. The maximum absolute atomic E-state index is 11.1. The number of benzene rings is 2. The molecule has 3 rings (SSSR count). The number of hydrogen-bond acceptors (Lipinski definition) is 5. The zero-order chi connectivity index (χ0) is 21.5. The van der Waals surface area contributed by atoms with Gasteiger partial charge in [-0.1, -0.05) is 23.7 Å². The third-order valence-electron chi connectivity index (χ3n) is 4.45. The number of ether oxygens (including phenoxy) is 2. The van der Waals surface area contributed by atoms with Crippen LogP contribution in [0.15, 0.2) is 54.7 Å². The maximum atomic E-state index is 11.1. The number of carboxylic acid groups (broad SMARTS) is 1. The van der Waals surface area contributed by atoms with Crippen molar-refractivity contribution < 1.29 is 19.4 Å². The predicted octanol–water partition coefficient (Wildman–Crippen LogP) is 5.33. The number of halogens is 1. The highest BCUT2D eigenvalue weighted by Crippen LogP contribution is 2.30. The minimum atomic E-state index is -0.934. The van der Waals surface area contributed by atoms with Gasteiger partial charge in [0.25, 0.3) is 0 Å². The first kappa shape index (κ1) is 21.5. The molecule has 0 saturated carbocycles. The quantitative estimate of drug-likeness (QED) is 0.450. The number of aromatic nitrogens is 1.